The van der Waals surface area contributed by atoms with E-state index in [9.17, 15) is 9.59 Å². The summed E-state index contributed by atoms with van der Waals surface area (Å²) >= 11 is 0. The lowest BCUT2D eigenvalue weighted by atomic mass is 10.2. The number of carbonyl (C=O) groups excluding carboxylic acids is 2. The van der Waals surface area contributed by atoms with Crippen molar-refractivity contribution < 1.29 is 23.8 Å². The molecule has 0 radical (unpaired) electrons. The predicted octanol–water partition coefficient (Wildman–Crippen LogP) is 2.50. The van der Waals surface area contributed by atoms with Crippen LogP contribution >= 0.6 is 0 Å². The first kappa shape index (κ1) is 20.1. The summed E-state index contributed by atoms with van der Waals surface area (Å²) in [5.74, 6) is 1.44. The fourth-order valence-corrected chi connectivity index (χ4v) is 2.59. The van der Waals surface area contributed by atoms with Gasteiger partial charge in [0.25, 0.3) is 5.91 Å². The average Bonchev–Trinajstić information content (AvgIpc) is 2.70. The molecule has 0 aliphatic rings. The molecule has 1 N–H and O–H groups in total. The lowest BCUT2D eigenvalue weighted by Gasteiger charge is -2.22. The molecule has 0 aliphatic carbocycles. The Labute approximate surface area is 158 Å². The maximum Gasteiger partial charge on any atom is 0.251 e. The Hall–Kier alpha value is -3.22. The van der Waals surface area contributed by atoms with Crippen LogP contribution in [0.2, 0.25) is 0 Å². The predicted molar refractivity (Wildman–Crippen MR) is 103 cm³/mol. The minimum atomic E-state index is -0.214. The average molecular weight is 372 g/mol. The van der Waals surface area contributed by atoms with Crippen LogP contribution in [-0.2, 0) is 4.79 Å². The van der Waals surface area contributed by atoms with E-state index in [0.717, 1.165) is 0 Å². The molecule has 0 spiro atoms. The maximum absolute atomic E-state index is 12.2. The number of hydrogen-bond donors (Lipinski definition) is 1. The third-order valence-electron chi connectivity index (χ3n) is 4.03. The van der Waals surface area contributed by atoms with Crippen molar-refractivity contribution in [2.45, 2.75) is 6.92 Å². The molecule has 0 bridgehead atoms. The van der Waals surface area contributed by atoms with Gasteiger partial charge in [0.05, 0.1) is 21.3 Å². The molecule has 0 saturated carbocycles. The van der Waals surface area contributed by atoms with E-state index < -0.39 is 0 Å². The van der Waals surface area contributed by atoms with Crippen LogP contribution in [0.25, 0.3) is 0 Å². The number of nitrogens with zero attached hydrogens (tertiary/aromatic N) is 1. The molecule has 7 nitrogen and oxygen atoms in total. The van der Waals surface area contributed by atoms with Crippen LogP contribution in [0.4, 0.5) is 5.69 Å². The summed E-state index contributed by atoms with van der Waals surface area (Å²) in [7, 11) is 4.66. The van der Waals surface area contributed by atoms with Crippen LogP contribution in [0.1, 0.15) is 17.3 Å². The number of rotatable bonds is 8. The van der Waals surface area contributed by atoms with Crippen molar-refractivity contribution in [3.63, 3.8) is 0 Å². The molecule has 7 heteroatoms. The fourth-order valence-electron chi connectivity index (χ4n) is 2.59. The molecule has 144 valence electrons. The van der Waals surface area contributed by atoms with Crippen molar-refractivity contribution in [3.8, 4) is 17.2 Å². The third kappa shape index (κ3) is 5.13. The molecule has 0 heterocycles. The van der Waals surface area contributed by atoms with Crippen LogP contribution in [0.15, 0.2) is 42.5 Å². The van der Waals surface area contributed by atoms with Crippen LogP contribution in [0, 0.1) is 0 Å². The summed E-state index contributed by atoms with van der Waals surface area (Å²) in [6.45, 7) is 2.10. The van der Waals surface area contributed by atoms with Crippen LogP contribution in [-0.4, -0.2) is 46.2 Å². The van der Waals surface area contributed by atoms with Crippen molar-refractivity contribution >= 4 is 17.5 Å². The van der Waals surface area contributed by atoms with Crippen molar-refractivity contribution in [3.05, 3.63) is 48.0 Å². The first-order chi connectivity index (χ1) is 13.0. The van der Waals surface area contributed by atoms with E-state index in [0.29, 0.717) is 41.6 Å². The summed E-state index contributed by atoms with van der Waals surface area (Å²) in [4.78, 5) is 25.8. The quantitative estimate of drug-likeness (QED) is 0.770. The van der Waals surface area contributed by atoms with Gasteiger partial charge in [-0.25, -0.2) is 0 Å². The molecule has 2 rings (SSSR count). The third-order valence-corrected chi connectivity index (χ3v) is 4.03. The summed E-state index contributed by atoms with van der Waals surface area (Å²) in [6.07, 6.45) is 0. The standard InChI is InChI=1S/C20H24N2O5/c1-14(23)22(16-7-10-18(26-3)19(13-16)27-4)12-11-21-20(24)15-5-8-17(25-2)9-6-15/h5-10,13H,11-12H2,1-4H3,(H,21,24). The molecule has 27 heavy (non-hydrogen) atoms. The topological polar surface area (TPSA) is 77.1 Å². The number of nitrogens with one attached hydrogen (secondary N) is 1. The van der Waals surface area contributed by atoms with E-state index in [1.165, 1.54) is 14.0 Å². The van der Waals surface area contributed by atoms with E-state index in [1.54, 1.807) is 61.6 Å². The lowest BCUT2D eigenvalue weighted by Crippen LogP contribution is -2.37. The second-order valence-electron chi connectivity index (χ2n) is 5.69. The van der Waals surface area contributed by atoms with E-state index in [2.05, 4.69) is 5.32 Å². The zero-order chi connectivity index (χ0) is 19.8. The monoisotopic (exact) mass is 372 g/mol. The highest BCUT2D eigenvalue weighted by atomic mass is 16.5. The Morgan fingerprint density at radius 2 is 1.59 bits per heavy atom. The van der Waals surface area contributed by atoms with Crippen molar-refractivity contribution in [2.75, 3.05) is 39.3 Å². The van der Waals surface area contributed by atoms with Crippen molar-refractivity contribution in [1.82, 2.24) is 5.32 Å². The minimum Gasteiger partial charge on any atom is -0.497 e. The zero-order valence-corrected chi connectivity index (χ0v) is 15.9. The summed E-state index contributed by atoms with van der Waals surface area (Å²) < 4.78 is 15.6. The van der Waals surface area contributed by atoms with Gasteiger partial charge in [-0.2, -0.15) is 0 Å². The second-order valence-corrected chi connectivity index (χ2v) is 5.69. The van der Waals surface area contributed by atoms with Gasteiger partial charge in [0.1, 0.15) is 5.75 Å². The second kappa shape index (κ2) is 9.47. The SMILES string of the molecule is COc1ccc(C(=O)NCCN(C(C)=O)c2ccc(OC)c(OC)c2)cc1. The first-order valence-electron chi connectivity index (χ1n) is 8.42. The van der Waals surface area contributed by atoms with Crippen LogP contribution in [0.5, 0.6) is 17.2 Å². The number of benzene rings is 2. The van der Waals surface area contributed by atoms with Gasteiger partial charge < -0.3 is 24.4 Å². The number of anilines is 1. The zero-order valence-electron chi connectivity index (χ0n) is 15.9. The van der Waals surface area contributed by atoms with Gasteiger partial charge in [-0.1, -0.05) is 0 Å². The summed E-state index contributed by atoms with van der Waals surface area (Å²) in [5.41, 5.74) is 1.19. The number of amides is 2. The largest absolute Gasteiger partial charge is 0.497 e. The smallest absolute Gasteiger partial charge is 0.251 e. The van der Waals surface area contributed by atoms with Gasteiger partial charge in [-0.15, -0.1) is 0 Å². The lowest BCUT2D eigenvalue weighted by molar-refractivity contribution is -0.116. The molecule has 0 atom stereocenters. The Kier molecular flexibility index (Phi) is 7.05. The van der Waals surface area contributed by atoms with Gasteiger partial charge in [0.15, 0.2) is 11.5 Å². The molecular formula is C20H24N2O5. The van der Waals surface area contributed by atoms with Crippen LogP contribution in [0.3, 0.4) is 0 Å². The highest BCUT2D eigenvalue weighted by molar-refractivity contribution is 5.95. The molecule has 2 aromatic carbocycles. The van der Waals surface area contributed by atoms with Gasteiger partial charge in [-0.05, 0) is 36.4 Å². The highest BCUT2D eigenvalue weighted by Crippen LogP contribution is 2.31. The molecule has 0 saturated heterocycles. The minimum absolute atomic E-state index is 0.138. The van der Waals surface area contributed by atoms with Crippen molar-refractivity contribution in [2.24, 2.45) is 0 Å². The summed E-state index contributed by atoms with van der Waals surface area (Å²) in [6, 6.07) is 12.1. The number of carbonyl (C=O) groups is 2. The van der Waals surface area contributed by atoms with Crippen LogP contribution < -0.4 is 24.4 Å². The molecule has 0 unspecified atom stereocenters. The maximum atomic E-state index is 12.2. The summed E-state index contributed by atoms with van der Waals surface area (Å²) in [5, 5.41) is 2.81. The number of methoxy groups -OCH3 is 3. The molecular weight excluding hydrogens is 348 g/mol. The van der Waals surface area contributed by atoms with Gasteiger partial charge in [0, 0.05) is 37.3 Å². The highest BCUT2D eigenvalue weighted by Gasteiger charge is 2.15. The number of ether oxygens (including phenoxy) is 3. The van der Waals surface area contributed by atoms with E-state index in [4.69, 9.17) is 14.2 Å². The van der Waals surface area contributed by atoms with Gasteiger partial charge >= 0.3 is 0 Å². The molecule has 0 fully saturated rings. The molecule has 0 aliphatic heterocycles. The van der Waals surface area contributed by atoms with E-state index >= 15 is 0 Å². The normalized spacial score (nSPS) is 10.1. The Bertz CT molecular complexity index is 789. The number of hydrogen-bond acceptors (Lipinski definition) is 5. The van der Waals surface area contributed by atoms with Gasteiger partial charge in [0.2, 0.25) is 5.91 Å². The van der Waals surface area contributed by atoms with Crippen molar-refractivity contribution in [1.29, 1.82) is 0 Å². The Morgan fingerprint density at radius 1 is 0.926 bits per heavy atom. The fraction of sp³-hybridized carbons (Fsp3) is 0.300. The molecule has 0 aromatic heterocycles. The van der Waals surface area contributed by atoms with E-state index in [-0.39, 0.29) is 11.8 Å². The Morgan fingerprint density at radius 3 is 2.15 bits per heavy atom. The first-order valence-corrected chi connectivity index (χ1v) is 8.42. The van der Waals surface area contributed by atoms with E-state index in [1.807, 2.05) is 0 Å². The molecule has 2 aromatic rings. The Balaban J connectivity index is 2.02. The molecule has 2 amide bonds. The van der Waals surface area contributed by atoms with Gasteiger partial charge in [-0.3, -0.25) is 9.59 Å².